The van der Waals surface area contributed by atoms with Crippen LogP contribution < -0.4 is 5.32 Å². The Labute approximate surface area is 155 Å². The number of carbonyl (C=O) groups excluding carboxylic acids is 2. The average Bonchev–Trinajstić information content (AvgIpc) is 2.82. The van der Waals surface area contributed by atoms with E-state index >= 15 is 0 Å². The molecule has 25 heavy (non-hydrogen) atoms. The van der Waals surface area contributed by atoms with Crippen molar-refractivity contribution in [1.82, 2.24) is 5.01 Å². The van der Waals surface area contributed by atoms with Crippen molar-refractivity contribution in [3.8, 4) is 0 Å². The third-order valence-corrected chi connectivity index (χ3v) is 5.93. The van der Waals surface area contributed by atoms with E-state index in [1.54, 1.807) is 5.01 Å². The normalized spacial score (nSPS) is 16.9. The summed E-state index contributed by atoms with van der Waals surface area (Å²) in [6.07, 6.45) is 1.22. The van der Waals surface area contributed by atoms with Crippen LogP contribution in [0.15, 0.2) is 22.2 Å². The van der Waals surface area contributed by atoms with E-state index in [0.717, 1.165) is 27.6 Å². The number of benzene rings is 1. The highest BCUT2D eigenvalue weighted by Crippen LogP contribution is 2.30. The Morgan fingerprint density at radius 1 is 1.32 bits per heavy atom. The first-order chi connectivity index (χ1) is 11.9. The van der Waals surface area contributed by atoms with Gasteiger partial charge in [-0.1, -0.05) is 29.5 Å². The lowest BCUT2D eigenvalue weighted by molar-refractivity contribution is -0.117. The first-order valence-electron chi connectivity index (χ1n) is 8.08. The fourth-order valence-electron chi connectivity index (χ4n) is 2.80. The van der Waals surface area contributed by atoms with E-state index in [0.29, 0.717) is 18.1 Å². The third kappa shape index (κ3) is 4.43. The lowest BCUT2D eigenvalue weighted by Gasteiger charge is -2.12. The van der Waals surface area contributed by atoms with Crippen LogP contribution in [-0.2, 0) is 9.59 Å². The summed E-state index contributed by atoms with van der Waals surface area (Å²) in [5, 5.41) is 9.81. The fourth-order valence-corrected chi connectivity index (χ4v) is 4.60. The minimum absolute atomic E-state index is 0.0662. The number of hydrogen-bond acceptors (Lipinski definition) is 6. The molecule has 0 radical (unpaired) electrons. The Morgan fingerprint density at radius 3 is 2.76 bits per heavy atom. The van der Waals surface area contributed by atoms with E-state index in [-0.39, 0.29) is 17.6 Å². The van der Waals surface area contributed by atoms with E-state index < -0.39 is 0 Å². The number of aryl methyl sites for hydroxylation is 3. The third-order valence-electron chi connectivity index (χ3n) is 3.85. The lowest BCUT2D eigenvalue weighted by Crippen LogP contribution is -2.18. The summed E-state index contributed by atoms with van der Waals surface area (Å²) >= 11 is 2.72. The molecule has 2 amide bonds. The molecule has 0 bridgehead atoms. The number of amides is 2. The van der Waals surface area contributed by atoms with Crippen molar-refractivity contribution >= 4 is 50.6 Å². The second-order valence-electron chi connectivity index (χ2n) is 6.09. The molecule has 3 rings (SSSR count). The van der Waals surface area contributed by atoms with E-state index in [9.17, 15) is 9.59 Å². The highest BCUT2D eigenvalue weighted by molar-refractivity contribution is 8.45. The molecule has 1 aromatic carbocycles. The largest absolute Gasteiger partial charge is 0.325 e. The minimum Gasteiger partial charge on any atom is -0.325 e. The Bertz CT molecular complexity index is 766. The number of anilines is 1. The van der Waals surface area contributed by atoms with E-state index in [2.05, 4.69) is 27.5 Å². The zero-order chi connectivity index (χ0) is 18.0. The van der Waals surface area contributed by atoms with E-state index in [1.165, 1.54) is 29.1 Å². The maximum Gasteiger partial charge on any atom is 0.248 e. The molecule has 0 unspecified atom stereocenters. The summed E-state index contributed by atoms with van der Waals surface area (Å²) in [5.74, 6) is 0.103. The van der Waals surface area contributed by atoms with Gasteiger partial charge in [0.1, 0.15) is 0 Å². The van der Waals surface area contributed by atoms with Crippen molar-refractivity contribution in [2.24, 2.45) is 10.1 Å². The standard InChI is InChI=1S/C17H20N4O2S2/c1-10-7-11(2)15(12(3)8-10)18-14(23)9-24-17-20-21-6-4-5-13(22)19-16(21)25-17/h7-8H,4-6,9H2,1-3H3,(H,18,23). The molecule has 2 aliphatic heterocycles. The van der Waals surface area contributed by atoms with Gasteiger partial charge in [-0.2, -0.15) is 10.1 Å². The van der Waals surface area contributed by atoms with Crippen LogP contribution in [0.25, 0.3) is 0 Å². The van der Waals surface area contributed by atoms with Crippen LogP contribution in [0, 0.1) is 20.8 Å². The Kier molecular flexibility index (Phi) is 5.48. The molecule has 0 aliphatic carbocycles. The molecular weight excluding hydrogens is 356 g/mol. The molecule has 2 heterocycles. The lowest BCUT2D eigenvalue weighted by atomic mass is 10.1. The van der Waals surface area contributed by atoms with Crippen LogP contribution in [0.3, 0.4) is 0 Å². The number of nitrogens with zero attached hydrogens (tertiary/aromatic N) is 3. The molecule has 0 atom stereocenters. The van der Waals surface area contributed by atoms with Gasteiger partial charge in [0.2, 0.25) is 11.8 Å². The van der Waals surface area contributed by atoms with Gasteiger partial charge < -0.3 is 5.32 Å². The van der Waals surface area contributed by atoms with Gasteiger partial charge in [-0.25, -0.2) is 5.01 Å². The summed E-state index contributed by atoms with van der Waals surface area (Å²) < 4.78 is 0.751. The SMILES string of the molecule is Cc1cc(C)c(NC(=O)CSC2=NN3CCCC(=O)N=C3S2)c(C)c1. The molecule has 1 aromatic rings. The quantitative estimate of drug-likeness (QED) is 0.876. The molecule has 0 aromatic heterocycles. The highest BCUT2D eigenvalue weighted by atomic mass is 32.2. The maximum atomic E-state index is 12.3. The van der Waals surface area contributed by atoms with Crippen molar-refractivity contribution in [2.75, 3.05) is 17.6 Å². The van der Waals surface area contributed by atoms with Crippen LogP contribution in [0.4, 0.5) is 5.69 Å². The van der Waals surface area contributed by atoms with Crippen LogP contribution in [0.5, 0.6) is 0 Å². The van der Waals surface area contributed by atoms with Gasteiger partial charge in [0, 0.05) is 18.7 Å². The Balaban J connectivity index is 1.58. The molecular formula is C17H20N4O2S2. The Morgan fingerprint density at radius 2 is 2.04 bits per heavy atom. The number of amidine groups is 1. The van der Waals surface area contributed by atoms with Crippen LogP contribution in [0.1, 0.15) is 29.5 Å². The number of fused-ring (bicyclic) bond motifs is 1. The van der Waals surface area contributed by atoms with Gasteiger partial charge in [-0.15, -0.1) is 0 Å². The number of nitrogens with one attached hydrogen (secondary N) is 1. The highest BCUT2D eigenvalue weighted by Gasteiger charge is 2.27. The minimum atomic E-state index is -0.102. The van der Waals surface area contributed by atoms with Crippen molar-refractivity contribution in [2.45, 2.75) is 33.6 Å². The van der Waals surface area contributed by atoms with Gasteiger partial charge in [0.25, 0.3) is 0 Å². The first kappa shape index (κ1) is 18.0. The first-order valence-corrected chi connectivity index (χ1v) is 9.88. The molecule has 0 saturated carbocycles. The smallest absolute Gasteiger partial charge is 0.248 e. The van der Waals surface area contributed by atoms with Gasteiger partial charge in [0.15, 0.2) is 9.54 Å². The number of hydrazone groups is 1. The predicted octanol–water partition coefficient (Wildman–Crippen LogP) is 3.28. The second kappa shape index (κ2) is 7.61. The number of hydrogen-bond donors (Lipinski definition) is 1. The predicted molar refractivity (Wildman–Crippen MR) is 105 cm³/mol. The summed E-state index contributed by atoms with van der Waals surface area (Å²) in [5.41, 5.74) is 4.18. The Hall–Kier alpha value is -1.80. The zero-order valence-electron chi connectivity index (χ0n) is 14.5. The molecule has 0 saturated heterocycles. The molecule has 0 spiro atoms. The molecule has 6 nitrogen and oxygen atoms in total. The van der Waals surface area contributed by atoms with Crippen LogP contribution >= 0.6 is 23.5 Å². The van der Waals surface area contributed by atoms with Crippen molar-refractivity contribution in [3.63, 3.8) is 0 Å². The zero-order valence-corrected chi connectivity index (χ0v) is 16.1. The van der Waals surface area contributed by atoms with Gasteiger partial charge in [-0.3, -0.25) is 9.59 Å². The molecule has 132 valence electrons. The molecule has 1 N–H and O–H groups in total. The topological polar surface area (TPSA) is 74.1 Å². The van der Waals surface area contributed by atoms with Crippen LogP contribution in [0.2, 0.25) is 0 Å². The molecule has 0 fully saturated rings. The summed E-state index contributed by atoms with van der Waals surface area (Å²) in [6, 6.07) is 4.12. The summed E-state index contributed by atoms with van der Waals surface area (Å²) in [6.45, 7) is 6.72. The number of thioether (sulfide) groups is 2. The second-order valence-corrected chi connectivity index (χ2v) is 8.27. The van der Waals surface area contributed by atoms with Crippen molar-refractivity contribution in [1.29, 1.82) is 0 Å². The number of rotatable bonds is 3. The van der Waals surface area contributed by atoms with E-state index in [4.69, 9.17) is 0 Å². The average molecular weight is 377 g/mol. The summed E-state index contributed by atoms with van der Waals surface area (Å²) in [4.78, 5) is 27.9. The van der Waals surface area contributed by atoms with E-state index in [1.807, 2.05) is 20.8 Å². The van der Waals surface area contributed by atoms with Crippen molar-refractivity contribution in [3.05, 3.63) is 28.8 Å². The van der Waals surface area contributed by atoms with Crippen LogP contribution in [-0.4, -0.2) is 38.7 Å². The fraction of sp³-hybridized carbons (Fsp3) is 0.412. The van der Waals surface area contributed by atoms with Gasteiger partial charge in [0.05, 0.1) is 5.75 Å². The van der Waals surface area contributed by atoms with Gasteiger partial charge >= 0.3 is 0 Å². The van der Waals surface area contributed by atoms with Gasteiger partial charge in [-0.05, 0) is 50.1 Å². The molecule has 8 heteroatoms. The van der Waals surface area contributed by atoms with Crippen molar-refractivity contribution < 1.29 is 9.59 Å². The molecule has 2 aliphatic rings. The number of aliphatic imine (C=N–C) groups is 1. The number of carbonyl (C=O) groups is 2. The monoisotopic (exact) mass is 376 g/mol. The maximum absolute atomic E-state index is 12.3. The summed E-state index contributed by atoms with van der Waals surface area (Å²) in [7, 11) is 0.